The van der Waals surface area contributed by atoms with Crippen molar-refractivity contribution in [1.29, 1.82) is 0 Å². The predicted octanol–water partition coefficient (Wildman–Crippen LogP) is 3.88. The molecule has 28 heavy (non-hydrogen) atoms. The summed E-state index contributed by atoms with van der Waals surface area (Å²) < 4.78 is 16.3. The van der Waals surface area contributed by atoms with Crippen molar-refractivity contribution < 1.29 is 23.8 Å². The second-order valence-electron chi connectivity index (χ2n) is 6.53. The molecule has 0 aliphatic rings. The molecule has 2 N–H and O–H groups in total. The third kappa shape index (κ3) is 4.40. The highest BCUT2D eigenvalue weighted by molar-refractivity contribution is 6.35. The van der Waals surface area contributed by atoms with Gasteiger partial charge in [-0.1, -0.05) is 17.7 Å². The third-order valence-electron chi connectivity index (χ3n) is 4.32. The van der Waals surface area contributed by atoms with Gasteiger partial charge in [0.15, 0.2) is 11.3 Å². The van der Waals surface area contributed by atoms with Crippen molar-refractivity contribution in [3.8, 4) is 11.5 Å². The second-order valence-corrected chi connectivity index (χ2v) is 6.94. The summed E-state index contributed by atoms with van der Waals surface area (Å²) in [5.74, 6) is 1.00. The van der Waals surface area contributed by atoms with E-state index in [0.29, 0.717) is 27.7 Å². The molecule has 6 nitrogen and oxygen atoms in total. The van der Waals surface area contributed by atoms with Crippen molar-refractivity contribution in [3.05, 3.63) is 58.3 Å². The van der Waals surface area contributed by atoms with Crippen LogP contribution in [0.5, 0.6) is 11.5 Å². The maximum absolute atomic E-state index is 12.5. The largest absolute Gasteiger partial charge is 0.497 e. The molecule has 1 atom stereocenters. The van der Waals surface area contributed by atoms with E-state index < -0.39 is 12.0 Å². The van der Waals surface area contributed by atoms with Crippen LogP contribution in [0.15, 0.2) is 40.8 Å². The Morgan fingerprint density at radius 3 is 2.75 bits per heavy atom. The molecule has 0 radical (unpaired) electrons. The van der Waals surface area contributed by atoms with Crippen LogP contribution in [-0.4, -0.2) is 37.4 Å². The summed E-state index contributed by atoms with van der Waals surface area (Å²) in [6, 6.07) is 10.8. The number of rotatable bonds is 7. The molecule has 1 unspecified atom stereocenters. The molecule has 0 aliphatic carbocycles. The fourth-order valence-electron chi connectivity index (χ4n) is 2.86. The number of nitrogens with one attached hydrogen (secondary N) is 1. The lowest BCUT2D eigenvalue weighted by Gasteiger charge is -2.13. The molecule has 0 saturated carbocycles. The monoisotopic (exact) mass is 403 g/mol. The highest BCUT2D eigenvalue weighted by Gasteiger charge is 2.20. The van der Waals surface area contributed by atoms with Gasteiger partial charge in [0.25, 0.3) is 5.91 Å². The minimum absolute atomic E-state index is 0.0199. The first-order valence-electron chi connectivity index (χ1n) is 8.81. The average molecular weight is 404 g/mol. The average Bonchev–Trinajstić information content (AvgIpc) is 3.01. The van der Waals surface area contributed by atoms with E-state index in [2.05, 4.69) is 5.32 Å². The van der Waals surface area contributed by atoms with Gasteiger partial charge in [-0.2, -0.15) is 0 Å². The summed E-state index contributed by atoms with van der Waals surface area (Å²) in [6.45, 7) is 3.78. The molecule has 1 aromatic heterocycles. The molecule has 148 valence electrons. The van der Waals surface area contributed by atoms with Gasteiger partial charge in [-0.15, -0.1) is 0 Å². The van der Waals surface area contributed by atoms with Crippen molar-refractivity contribution >= 4 is 28.5 Å². The van der Waals surface area contributed by atoms with Crippen LogP contribution in [0.25, 0.3) is 11.0 Å². The van der Waals surface area contributed by atoms with Gasteiger partial charge in [-0.25, -0.2) is 0 Å². The van der Waals surface area contributed by atoms with Crippen molar-refractivity contribution in [3.63, 3.8) is 0 Å². The van der Waals surface area contributed by atoms with Crippen LogP contribution in [0.1, 0.15) is 21.7 Å². The number of benzene rings is 2. The number of halogens is 1. The molecular weight excluding hydrogens is 382 g/mol. The Bertz CT molecular complexity index is 998. The number of aliphatic hydroxyl groups is 1. The molecule has 3 rings (SSSR count). The number of hydrogen-bond donors (Lipinski definition) is 2. The predicted molar refractivity (Wildman–Crippen MR) is 108 cm³/mol. The van der Waals surface area contributed by atoms with Crippen LogP contribution in [0.4, 0.5) is 0 Å². The highest BCUT2D eigenvalue weighted by Crippen LogP contribution is 2.32. The molecule has 0 bridgehead atoms. The lowest BCUT2D eigenvalue weighted by Crippen LogP contribution is -2.35. The smallest absolute Gasteiger partial charge is 0.287 e. The number of ether oxygens (including phenoxy) is 2. The molecule has 7 heteroatoms. The standard InChI is InChI=1S/C21H22ClNO5/c1-12-7-17-13(2)19(28-20(17)18(22)8-12)21(25)23-10-14(24)11-27-16-6-4-5-15(9-16)26-3/h4-9,14,24H,10-11H2,1-3H3,(H,23,25). The SMILES string of the molecule is COc1cccc(OCC(O)CNC(=O)c2oc3c(Cl)cc(C)cc3c2C)c1. The Balaban J connectivity index is 1.60. The number of furan rings is 1. The van der Waals surface area contributed by atoms with Crippen LogP contribution in [0, 0.1) is 13.8 Å². The van der Waals surface area contributed by atoms with E-state index in [1.165, 1.54) is 0 Å². The number of aryl methyl sites for hydroxylation is 2. The van der Waals surface area contributed by atoms with Crippen LogP contribution in [0.2, 0.25) is 5.02 Å². The zero-order chi connectivity index (χ0) is 20.3. The molecule has 0 spiro atoms. The number of fused-ring (bicyclic) bond motifs is 1. The van der Waals surface area contributed by atoms with Crippen molar-refractivity contribution in [2.24, 2.45) is 0 Å². The first-order chi connectivity index (χ1) is 13.4. The van der Waals surface area contributed by atoms with Gasteiger partial charge in [-0.3, -0.25) is 4.79 Å². The Kier molecular flexibility index (Phi) is 6.11. The molecule has 0 fully saturated rings. The fourth-order valence-corrected chi connectivity index (χ4v) is 3.17. The number of methoxy groups -OCH3 is 1. The minimum Gasteiger partial charge on any atom is -0.497 e. The Labute approximate surface area is 168 Å². The maximum atomic E-state index is 12.5. The topological polar surface area (TPSA) is 80.9 Å². The van der Waals surface area contributed by atoms with Gasteiger partial charge < -0.3 is 24.3 Å². The van der Waals surface area contributed by atoms with E-state index in [4.69, 9.17) is 25.5 Å². The number of aliphatic hydroxyl groups excluding tert-OH is 1. The van der Waals surface area contributed by atoms with Crippen molar-refractivity contribution in [1.82, 2.24) is 5.32 Å². The van der Waals surface area contributed by atoms with E-state index >= 15 is 0 Å². The van der Waals surface area contributed by atoms with Gasteiger partial charge in [0.05, 0.1) is 12.1 Å². The zero-order valence-corrected chi connectivity index (χ0v) is 16.7. The highest BCUT2D eigenvalue weighted by atomic mass is 35.5. The van der Waals surface area contributed by atoms with E-state index in [1.54, 1.807) is 44.4 Å². The van der Waals surface area contributed by atoms with Gasteiger partial charge >= 0.3 is 0 Å². The Morgan fingerprint density at radius 2 is 2.00 bits per heavy atom. The van der Waals surface area contributed by atoms with Crippen molar-refractivity contribution in [2.75, 3.05) is 20.3 Å². The Hall–Kier alpha value is -2.70. The maximum Gasteiger partial charge on any atom is 0.287 e. The zero-order valence-electron chi connectivity index (χ0n) is 15.9. The molecule has 3 aromatic rings. The number of amides is 1. The number of carbonyl (C=O) groups is 1. The first kappa shape index (κ1) is 20.0. The van der Waals surface area contributed by atoms with E-state index in [-0.39, 0.29) is 18.9 Å². The van der Waals surface area contributed by atoms with E-state index in [0.717, 1.165) is 10.9 Å². The molecule has 1 amide bonds. The summed E-state index contributed by atoms with van der Waals surface area (Å²) in [5.41, 5.74) is 2.18. The van der Waals surface area contributed by atoms with Gasteiger partial charge in [0.1, 0.15) is 24.2 Å². The summed E-state index contributed by atoms with van der Waals surface area (Å²) in [5, 5.41) is 14.0. The molecule has 0 aliphatic heterocycles. The van der Waals surface area contributed by atoms with Crippen LogP contribution in [-0.2, 0) is 0 Å². The van der Waals surface area contributed by atoms with Gasteiger partial charge in [0.2, 0.25) is 0 Å². The summed E-state index contributed by atoms with van der Waals surface area (Å²) in [7, 11) is 1.57. The number of carbonyl (C=O) groups excluding carboxylic acids is 1. The quantitative estimate of drug-likeness (QED) is 0.625. The van der Waals surface area contributed by atoms with Gasteiger partial charge in [-0.05, 0) is 43.7 Å². The summed E-state index contributed by atoms with van der Waals surface area (Å²) >= 11 is 6.21. The molecule has 0 saturated heterocycles. The summed E-state index contributed by atoms with van der Waals surface area (Å²) in [4.78, 5) is 12.5. The van der Waals surface area contributed by atoms with E-state index in [9.17, 15) is 9.90 Å². The Morgan fingerprint density at radius 1 is 1.25 bits per heavy atom. The molecule has 1 heterocycles. The lowest BCUT2D eigenvalue weighted by molar-refractivity contribution is 0.0823. The number of hydrogen-bond acceptors (Lipinski definition) is 5. The third-order valence-corrected chi connectivity index (χ3v) is 4.61. The molecular formula is C21H22ClNO5. The second kappa shape index (κ2) is 8.54. The van der Waals surface area contributed by atoms with Gasteiger partial charge in [0, 0.05) is 23.6 Å². The lowest BCUT2D eigenvalue weighted by atomic mass is 10.1. The van der Waals surface area contributed by atoms with Crippen LogP contribution >= 0.6 is 11.6 Å². The normalized spacial score (nSPS) is 12.0. The molecule has 2 aromatic carbocycles. The van der Waals surface area contributed by atoms with E-state index in [1.807, 2.05) is 13.0 Å². The minimum atomic E-state index is -0.884. The fraction of sp³-hybridized carbons (Fsp3) is 0.286. The van der Waals surface area contributed by atoms with Crippen LogP contribution in [0.3, 0.4) is 0 Å². The summed E-state index contributed by atoms with van der Waals surface area (Å²) in [6.07, 6.45) is -0.884. The van der Waals surface area contributed by atoms with Crippen molar-refractivity contribution in [2.45, 2.75) is 20.0 Å². The first-order valence-corrected chi connectivity index (χ1v) is 9.19. The van der Waals surface area contributed by atoms with Crippen LogP contribution < -0.4 is 14.8 Å².